The number of carbonyl (C=O) groups excluding carboxylic acids is 6. The summed E-state index contributed by atoms with van der Waals surface area (Å²) in [7, 11) is 0. The summed E-state index contributed by atoms with van der Waals surface area (Å²) in [6.45, 7) is 19.8. The minimum absolute atomic E-state index is 0.0114. The van der Waals surface area contributed by atoms with E-state index < -0.39 is 65.2 Å². The summed E-state index contributed by atoms with van der Waals surface area (Å²) >= 11 is 0. The highest BCUT2D eigenvalue weighted by atomic mass is 16.5. The van der Waals surface area contributed by atoms with E-state index in [-0.39, 0.29) is 31.4 Å². The summed E-state index contributed by atoms with van der Waals surface area (Å²) in [5.74, 6) is -2.85. The van der Waals surface area contributed by atoms with Gasteiger partial charge in [-0.05, 0) is 61.0 Å². The Morgan fingerprint density at radius 3 is 2.13 bits per heavy atom. The quantitative estimate of drug-likeness (QED) is 0.0838. The molecule has 0 aromatic rings. The number of alkyl carbamates (subject to hydrolysis) is 1. The summed E-state index contributed by atoms with van der Waals surface area (Å²) in [6, 6.07) is -4.19. The van der Waals surface area contributed by atoms with Crippen molar-refractivity contribution in [2.45, 2.75) is 125 Å². The van der Waals surface area contributed by atoms with Crippen molar-refractivity contribution in [2.75, 3.05) is 26.2 Å². The Bertz CT molecular complexity index is 1450. The van der Waals surface area contributed by atoms with Crippen LogP contribution in [0.2, 0.25) is 0 Å². The molecule has 2 aliphatic carbocycles. The summed E-state index contributed by atoms with van der Waals surface area (Å²) in [4.78, 5) is 81.5. The van der Waals surface area contributed by atoms with E-state index in [1.807, 2.05) is 58.9 Å². The van der Waals surface area contributed by atoms with Gasteiger partial charge >= 0.3 is 12.1 Å². The van der Waals surface area contributed by atoms with Gasteiger partial charge in [0.2, 0.25) is 17.6 Å². The van der Waals surface area contributed by atoms with E-state index in [9.17, 15) is 28.8 Å². The summed E-state index contributed by atoms with van der Waals surface area (Å²) in [5.41, 5.74) is 4.67. The first-order valence-corrected chi connectivity index (χ1v) is 19.5. The zero-order valence-electron chi connectivity index (χ0n) is 33.6. The van der Waals surface area contributed by atoms with Crippen LogP contribution in [0.3, 0.4) is 0 Å². The third-order valence-corrected chi connectivity index (χ3v) is 9.46. The molecular formula is C41H64N6O7. The Kier molecular flexibility index (Phi) is 19.0. The van der Waals surface area contributed by atoms with Crippen molar-refractivity contribution in [1.29, 1.82) is 0 Å². The Morgan fingerprint density at radius 2 is 1.59 bits per heavy atom. The molecule has 6 amide bonds. The van der Waals surface area contributed by atoms with Gasteiger partial charge in [-0.25, -0.2) is 9.59 Å². The van der Waals surface area contributed by atoms with Gasteiger partial charge in [-0.3, -0.25) is 19.2 Å². The topological polar surface area (TPSA) is 175 Å². The van der Waals surface area contributed by atoms with Crippen molar-refractivity contribution < 1.29 is 33.5 Å². The van der Waals surface area contributed by atoms with Crippen molar-refractivity contribution in [3.8, 4) is 0 Å². The zero-order valence-corrected chi connectivity index (χ0v) is 33.6. The molecule has 3 rings (SSSR count). The van der Waals surface area contributed by atoms with E-state index >= 15 is 0 Å². The van der Waals surface area contributed by atoms with Gasteiger partial charge in [0.25, 0.3) is 5.91 Å². The average molecular weight is 753 g/mol. The molecule has 3 aliphatic rings. The number of ketones is 1. The second kappa shape index (κ2) is 22.5. The zero-order chi connectivity index (χ0) is 40.4. The normalized spacial score (nSPS) is 19.3. The number of allylic oxidation sites excluding steroid dienone is 5. The van der Waals surface area contributed by atoms with Gasteiger partial charge in [0, 0.05) is 19.6 Å². The lowest BCUT2D eigenvalue weighted by molar-refractivity contribution is -0.143. The highest BCUT2D eigenvalue weighted by molar-refractivity contribution is 6.38. The van der Waals surface area contributed by atoms with Crippen LogP contribution in [0.1, 0.15) is 100 Å². The molecule has 1 saturated heterocycles. The lowest BCUT2D eigenvalue weighted by Crippen LogP contribution is -2.60. The Hall–Kier alpha value is -4.64. The third kappa shape index (κ3) is 14.0. The molecule has 1 heterocycles. The van der Waals surface area contributed by atoms with Crippen molar-refractivity contribution in [3.63, 3.8) is 0 Å². The van der Waals surface area contributed by atoms with E-state index in [1.165, 1.54) is 17.4 Å². The molecule has 5 N–H and O–H groups in total. The fourth-order valence-corrected chi connectivity index (χ4v) is 6.45. The number of nitrogens with one attached hydrogen (secondary N) is 5. The smallest absolute Gasteiger partial charge is 0.407 e. The van der Waals surface area contributed by atoms with E-state index in [0.29, 0.717) is 45.2 Å². The fourth-order valence-electron chi connectivity index (χ4n) is 6.45. The highest BCUT2D eigenvalue weighted by Crippen LogP contribution is 2.33. The third-order valence-electron chi connectivity index (χ3n) is 9.46. The molecule has 54 heavy (non-hydrogen) atoms. The number of hydrogen-bond donors (Lipinski definition) is 5. The first kappa shape index (κ1) is 45.5. The van der Waals surface area contributed by atoms with Gasteiger partial charge < -0.3 is 36.2 Å². The van der Waals surface area contributed by atoms with Crippen molar-refractivity contribution in [3.05, 3.63) is 53.8 Å². The second-order valence-corrected chi connectivity index (χ2v) is 15.1. The lowest BCUT2D eigenvalue weighted by atomic mass is 9.82. The number of carbonyl (C=O) groups is 6. The molecule has 0 spiro atoms. The summed E-state index contributed by atoms with van der Waals surface area (Å²) in [6.07, 6.45) is 12.6. The predicted molar refractivity (Wildman–Crippen MR) is 210 cm³/mol. The number of likely N-dealkylation sites (tertiary alicyclic amines) is 1. The average Bonchev–Trinajstić information content (AvgIpc) is 3.49. The molecule has 5 atom stereocenters. The molecule has 0 saturated carbocycles. The molecule has 13 nitrogen and oxygen atoms in total. The van der Waals surface area contributed by atoms with Crippen LogP contribution in [0.5, 0.6) is 0 Å². The number of hydrogen-bond acceptors (Lipinski definition) is 7. The molecular weight excluding hydrogens is 688 g/mol. The Balaban J connectivity index is 0.00000325. The maximum atomic E-state index is 14.7. The Morgan fingerprint density at radius 1 is 0.963 bits per heavy atom. The first-order valence-electron chi connectivity index (χ1n) is 19.5. The molecule has 0 aromatic carbocycles. The van der Waals surface area contributed by atoms with Crippen LogP contribution in [0.25, 0.3) is 0 Å². The van der Waals surface area contributed by atoms with Crippen LogP contribution in [0.15, 0.2) is 53.8 Å². The van der Waals surface area contributed by atoms with Crippen LogP contribution >= 0.6 is 0 Å². The molecule has 13 heteroatoms. The van der Waals surface area contributed by atoms with Gasteiger partial charge in [-0.1, -0.05) is 98.1 Å². The number of ether oxygens (including phenoxy) is 1. The number of amides is 6. The van der Waals surface area contributed by atoms with Gasteiger partial charge in [0.15, 0.2) is 0 Å². The first-order chi connectivity index (χ1) is 25.6. The van der Waals surface area contributed by atoms with Gasteiger partial charge in [-0.2, -0.15) is 0 Å². The van der Waals surface area contributed by atoms with E-state index in [0.717, 1.165) is 11.1 Å². The van der Waals surface area contributed by atoms with E-state index in [4.69, 9.17) is 4.74 Å². The number of nitrogens with zero attached hydrogens (tertiary/aromatic N) is 1. The van der Waals surface area contributed by atoms with Crippen molar-refractivity contribution >= 4 is 35.6 Å². The second-order valence-electron chi connectivity index (χ2n) is 15.1. The maximum Gasteiger partial charge on any atom is 0.407 e. The number of Topliss-reactive ketones (excluding diaryl/α,β-unsaturated/α-hetero) is 1. The van der Waals surface area contributed by atoms with E-state index in [1.54, 1.807) is 6.92 Å². The van der Waals surface area contributed by atoms with Crippen molar-refractivity contribution in [1.82, 2.24) is 31.5 Å². The molecule has 300 valence electrons. The van der Waals surface area contributed by atoms with Gasteiger partial charge in [0.1, 0.15) is 18.7 Å². The van der Waals surface area contributed by atoms with Gasteiger partial charge in [-0.15, -0.1) is 12.3 Å². The van der Waals surface area contributed by atoms with E-state index in [2.05, 4.69) is 52.7 Å². The van der Waals surface area contributed by atoms with Crippen LogP contribution in [0, 0.1) is 17.3 Å². The van der Waals surface area contributed by atoms with Crippen molar-refractivity contribution in [2.24, 2.45) is 17.3 Å². The largest absolute Gasteiger partial charge is 0.447 e. The van der Waals surface area contributed by atoms with Crippen LogP contribution in [-0.4, -0.2) is 90.9 Å². The number of rotatable bonds is 16. The highest BCUT2D eigenvalue weighted by Gasteiger charge is 2.45. The van der Waals surface area contributed by atoms with Crippen LogP contribution in [0.4, 0.5) is 9.59 Å². The number of urea groups is 1. The maximum absolute atomic E-state index is 14.7. The summed E-state index contributed by atoms with van der Waals surface area (Å²) in [5, 5.41) is 13.7. The lowest BCUT2D eigenvalue weighted by Gasteiger charge is -2.36. The molecule has 1 fully saturated rings. The predicted octanol–water partition coefficient (Wildman–Crippen LogP) is 5.00. The molecule has 0 aromatic heterocycles. The molecule has 0 radical (unpaired) electrons. The SMILES string of the molecule is C=CCNC(=O)C(=O)C(CCC)NC(=O)C1C[C@@H](CC)CN1C(=O)C(NC(=O)NC(COC(=O)NCC)C(C)(C)C)C1CC2=C=C(C=CC=C2)C1.CCC. The molecule has 4 unspecified atom stereocenters. The fraction of sp³-hybridized carbons (Fsp3) is 0.634. The minimum atomic E-state index is -1.06. The molecule has 2 bridgehead atoms. The van der Waals surface area contributed by atoms with Gasteiger partial charge in [0.05, 0.1) is 12.1 Å². The van der Waals surface area contributed by atoms with Crippen LogP contribution in [-0.2, 0) is 23.9 Å². The molecule has 1 aliphatic heterocycles. The Labute approximate surface area is 321 Å². The monoisotopic (exact) mass is 752 g/mol. The van der Waals surface area contributed by atoms with Crippen LogP contribution < -0.4 is 26.6 Å². The minimum Gasteiger partial charge on any atom is -0.447 e. The standard InChI is InChI=1S/C38H56N6O7.C3H8/c1-8-14-28(32(45)34(47)40-17-9-2)41-33(46)29-21-24(10-3)22-44(29)35(48)31(27-19-25-15-12-13-16-26(18-25)20-27)43-36(49)42-30(38(5,6)7)23-51-37(50)39-11-4;1-3-2/h9,12-13,15-16,24,27-31H,2,8,10-11,14,17,19-23H2,1,3-7H3,(H,39,50)(H,40,47)(H,41,46)(H2,42,43,49);3H2,1-2H3/t24-,28?,29?,30?,31?;/m1./s1. The summed E-state index contributed by atoms with van der Waals surface area (Å²) < 4.78 is 5.35.